The normalized spacial score (nSPS) is 17.0. The van der Waals surface area contributed by atoms with Crippen molar-refractivity contribution in [2.45, 2.75) is 58.6 Å². The maximum absolute atomic E-state index is 12.7. The number of carbonyl (C=O) groups is 1. The van der Waals surface area contributed by atoms with Crippen LogP contribution in [-0.2, 0) is 17.6 Å². The van der Waals surface area contributed by atoms with Crippen molar-refractivity contribution in [2.75, 3.05) is 12.0 Å². The van der Waals surface area contributed by atoms with Crippen molar-refractivity contribution >= 4 is 23.0 Å². The van der Waals surface area contributed by atoms with Gasteiger partial charge in [0, 0.05) is 41.9 Å². The molecule has 2 aliphatic rings. The Kier molecular flexibility index (Phi) is 5.42. The van der Waals surface area contributed by atoms with Crippen LogP contribution in [0.4, 0.5) is 11.4 Å². The number of aromatic nitrogens is 1. The van der Waals surface area contributed by atoms with Crippen molar-refractivity contribution in [1.82, 2.24) is 4.98 Å². The van der Waals surface area contributed by atoms with E-state index < -0.39 is 0 Å². The van der Waals surface area contributed by atoms with Crippen LogP contribution >= 0.6 is 0 Å². The number of rotatable bonds is 4. The van der Waals surface area contributed by atoms with Crippen LogP contribution in [0.3, 0.4) is 0 Å². The summed E-state index contributed by atoms with van der Waals surface area (Å²) in [6, 6.07) is 13.8. The van der Waals surface area contributed by atoms with Gasteiger partial charge in [0.2, 0.25) is 5.91 Å². The van der Waals surface area contributed by atoms with Crippen LogP contribution in [0.25, 0.3) is 0 Å². The molecule has 0 fully saturated rings. The zero-order chi connectivity index (χ0) is 25.0. The highest BCUT2D eigenvalue weighted by atomic mass is 16.5. The fourth-order valence-corrected chi connectivity index (χ4v) is 5.22. The molecule has 6 nitrogen and oxygen atoms in total. The van der Waals surface area contributed by atoms with Crippen molar-refractivity contribution in [1.29, 1.82) is 0 Å². The zero-order valence-corrected chi connectivity index (χ0v) is 21.2. The Bertz CT molecular complexity index is 1340. The number of amides is 1. The monoisotopic (exact) mass is 469 g/mol. The Morgan fingerprint density at radius 3 is 2.51 bits per heavy atom. The third kappa shape index (κ3) is 4.18. The topological polar surface area (TPSA) is 64.0 Å². The predicted octanol–water partition coefficient (Wildman–Crippen LogP) is 5.66. The first-order chi connectivity index (χ1) is 16.6. The quantitative estimate of drug-likeness (QED) is 0.495. The van der Waals surface area contributed by atoms with Crippen molar-refractivity contribution in [3.63, 3.8) is 0 Å². The average Bonchev–Trinajstić information content (AvgIpc) is 3.13. The molecule has 180 valence electrons. The molecule has 0 N–H and O–H groups in total. The molecule has 0 radical (unpaired) electrons. The maximum Gasteiger partial charge on any atom is 0.228 e. The van der Waals surface area contributed by atoms with E-state index in [9.17, 15) is 4.79 Å². The van der Waals surface area contributed by atoms with Gasteiger partial charge in [-0.25, -0.2) is 0 Å². The Morgan fingerprint density at radius 1 is 1.06 bits per heavy atom. The minimum atomic E-state index is -0.323. The number of fused-ring (bicyclic) bond motifs is 3. The molecule has 0 spiro atoms. The third-order valence-electron chi connectivity index (χ3n) is 6.50. The van der Waals surface area contributed by atoms with Gasteiger partial charge < -0.3 is 9.47 Å². The summed E-state index contributed by atoms with van der Waals surface area (Å²) in [5.74, 6) is 1.50. The van der Waals surface area contributed by atoms with E-state index in [4.69, 9.17) is 14.5 Å². The Morgan fingerprint density at radius 2 is 1.83 bits per heavy atom. The molecular formula is C29H31N3O3. The second-order valence-corrected chi connectivity index (χ2v) is 10.5. The lowest BCUT2D eigenvalue weighted by atomic mass is 9.81. The summed E-state index contributed by atoms with van der Waals surface area (Å²) in [4.78, 5) is 23.8. The zero-order valence-electron chi connectivity index (χ0n) is 21.2. The molecule has 1 amide bonds. The molecule has 5 rings (SSSR count). The standard InChI is InChI=1S/C29H31N3O3/c1-18(33)32(22-11-8-12-30-17-22)21-10-7-9-19(13-21)26-25-20(15-28(2,3)31-26)14-24(34-6)27-23(25)16-29(4,5)35-27/h7-14,17H,15-16H2,1-6H3. The van der Waals surface area contributed by atoms with Gasteiger partial charge in [-0.15, -0.1) is 0 Å². The minimum Gasteiger partial charge on any atom is -0.493 e. The van der Waals surface area contributed by atoms with Crippen LogP contribution in [0, 0.1) is 0 Å². The molecule has 0 atom stereocenters. The third-order valence-corrected chi connectivity index (χ3v) is 6.50. The van der Waals surface area contributed by atoms with Crippen LogP contribution in [0.2, 0.25) is 0 Å². The van der Waals surface area contributed by atoms with Gasteiger partial charge in [-0.05, 0) is 70.0 Å². The van der Waals surface area contributed by atoms with E-state index in [1.165, 1.54) is 5.56 Å². The highest BCUT2D eigenvalue weighted by Crippen LogP contribution is 2.48. The number of hydrogen-bond donors (Lipinski definition) is 0. The first-order valence-electron chi connectivity index (χ1n) is 11.9. The van der Waals surface area contributed by atoms with Gasteiger partial charge in [0.15, 0.2) is 11.5 Å². The molecule has 3 heterocycles. The Labute approximate surface area is 206 Å². The molecule has 2 aliphatic heterocycles. The van der Waals surface area contributed by atoms with E-state index in [-0.39, 0.29) is 17.0 Å². The molecular weight excluding hydrogens is 438 g/mol. The first-order valence-corrected chi connectivity index (χ1v) is 11.9. The van der Waals surface area contributed by atoms with E-state index in [1.807, 2.05) is 30.3 Å². The molecule has 1 aromatic heterocycles. The van der Waals surface area contributed by atoms with Gasteiger partial charge in [-0.1, -0.05) is 12.1 Å². The van der Waals surface area contributed by atoms with Crippen LogP contribution in [0.5, 0.6) is 11.5 Å². The molecule has 2 aromatic carbocycles. The van der Waals surface area contributed by atoms with Crippen LogP contribution < -0.4 is 14.4 Å². The van der Waals surface area contributed by atoms with E-state index in [0.29, 0.717) is 0 Å². The second-order valence-electron chi connectivity index (χ2n) is 10.5. The highest BCUT2D eigenvalue weighted by molar-refractivity contribution is 6.17. The smallest absolute Gasteiger partial charge is 0.228 e. The number of methoxy groups -OCH3 is 1. The number of ether oxygens (including phenoxy) is 2. The van der Waals surface area contributed by atoms with Gasteiger partial charge in [0.05, 0.1) is 30.2 Å². The molecule has 0 bridgehead atoms. The van der Waals surface area contributed by atoms with Gasteiger partial charge in [-0.2, -0.15) is 0 Å². The molecule has 6 heteroatoms. The summed E-state index contributed by atoms with van der Waals surface area (Å²) in [5.41, 5.74) is 6.25. The number of anilines is 2. The maximum atomic E-state index is 12.7. The van der Waals surface area contributed by atoms with Crippen LogP contribution in [0.15, 0.2) is 59.9 Å². The summed E-state index contributed by atoms with van der Waals surface area (Å²) in [6.07, 6.45) is 4.98. The van der Waals surface area contributed by atoms with Crippen LogP contribution in [-0.4, -0.2) is 34.9 Å². The molecule has 0 aliphatic carbocycles. The summed E-state index contributed by atoms with van der Waals surface area (Å²) in [5, 5.41) is 0. The summed E-state index contributed by atoms with van der Waals surface area (Å²) < 4.78 is 12.1. The van der Waals surface area contributed by atoms with Gasteiger partial charge in [-0.3, -0.25) is 19.7 Å². The van der Waals surface area contributed by atoms with E-state index in [0.717, 1.165) is 58.1 Å². The molecule has 0 saturated heterocycles. The number of aliphatic imine (C=N–C) groups is 1. The Hall–Kier alpha value is -3.67. The molecule has 3 aromatic rings. The number of benzene rings is 2. The Balaban J connectivity index is 1.69. The van der Waals surface area contributed by atoms with E-state index >= 15 is 0 Å². The van der Waals surface area contributed by atoms with Gasteiger partial charge in [0.1, 0.15) is 5.60 Å². The molecule has 35 heavy (non-hydrogen) atoms. The van der Waals surface area contributed by atoms with Crippen molar-refractivity contribution < 1.29 is 14.3 Å². The lowest BCUT2D eigenvalue weighted by molar-refractivity contribution is -0.115. The lowest BCUT2D eigenvalue weighted by Crippen LogP contribution is -2.31. The molecule has 0 saturated carbocycles. The van der Waals surface area contributed by atoms with Gasteiger partial charge >= 0.3 is 0 Å². The summed E-state index contributed by atoms with van der Waals surface area (Å²) in [7, 11) is 1.69. The van der Waals surface area contributed by atoms with Crippen molar-refractivity contribution in [3.8, 4) is 11.5 Å². The lowest BCUT2D eigenvalue weighted by Gasteiger charge is -2.31. The fourth-order valence-electron chi connectivity index (χ4n) is 5.22. The number of carbonyl (C=O) groups excluding carboxylic acids is 1. The summed E-state index contributed by atoms with van der Waals surface area (Å²) >= 11 is 0. The van der Waals surface area contributed by atoms with Gasteiger partial charge in [0.25, 0.3) is 0 Å². The average molecular weight is 470 g/mol. The highest BCUT2D eigenvalue weighted by Gasteiger charge is 2.39. The fraction of sp³-hybridized carbons (Fsp3) is 0.345. The van der Waals surface area contributed by atoms with E-state index in [2.05, 4.69) is 44.8 Å². The number of pyridine rings is 1. The van der Waals surface area contributed by atoms with Crippen LogP contribution in [0.1, 0.15) is 56.9 Å². The second kappa shape index (κ2) is 8.22. The minimum absolute atomic E-state index is 0.0813. The van der Waals surface area contributed by atoms with Crippen molar-refractivity contribution in [2.24, 2.45) is 4.99 Å². The molecule has 0 unspecified atom stereocenters. The largest absolute Gasteiger partial charge is 0.493 e. The SMILES string of the molecule is COc1cc2c(c3c1OC(C)(C)C3)C(c1cccc(N(C(C)=O)c3cccnc3)c1)=NC(C)(C)C2. The number of nitrogens with zero attached hydrogens (tertiary/aromatic N) is 3. The van der Waals surface area contributed by atoms with Crippen molar-refractivity contribution in [3.05, 3.63) is 77.1 Å². The number of hydrogen-bond acceptors (Lipinski definition) is 5. The predicted molar refractivity (Wildman–Crippen MR) is 138 cm³/mol. The van der Waals surface area contributed by atoms with E-state index in [1.54, 1.807) is 31.3 Å². The summed E-state index contributed by atoms with van der Waals surface area (Å²) in [6.45, 7) is 10.1. The first kappa shape index (κ1) is 23.1.